The van der Waals surface area contributed by atoms with Crippen molar-refractivity contribution < 1.29 is 5.11 Å². The standard InChI is InChI=1S/C25H24N6OS/c32-19-8-6-18(7-9-19)27-23-2-1-3-24(29-23)30-25-28-21-11-5-16(13-22(21)33-25)15-4-10-20-17(12-15)14-26-31-20/h1-5,10-14,18-19,32H,6-9H2,(H,26,31)(H2,27,28,29,30). The van der Waals surface area contributed by atoms with E-state index >= 15 is 0 Å². The zero-order valence-electron chi connectivity index (χ0n) is 18.0. The fraction of sp³-hybridized carbons (Fsp3) is 0.240. The number of nitrogens with zero attached hydrogens (tertiary/aromatic N) is 3. The molecule has 0 aliphatic heterocycles. The lowest BCUT2D eigenvalue weighted by Crippen LogP contribution is -2.28. The van der Waals surface area contributed by atoms with Gasteiger partial charge in [0.25, 0.3) is 0 Å². The van der Waals surface area contributed by atoms with Crippen molar-refractivity contribution in [2.75, 3.05) is 10.6 Å². The van der Waals surface area contributed by atoms with Gasteiger partial charge in [-0.25, -0.2) is 9.97 Å². The fourth-order valence-electron chi connectivity index (χ4n) is 4.40. The van der Waals surface area contributed by atoms with Gasteiger partial charge in [0.2, 0.25) is 0 Å². The maximum absolute atomic E-state index is 9.71. The van der Waals surface area contributed by atoms with Gasteiger partial charge in [-0.05, 0) is 73.2 Å². The second-order valence-electron chi connectivity index (χ2n) is 8.56. The number of hydrogen-bond donors (Lipinski definition) is 4. The zero-order valence-corrected chi connectivity index (χ0v) is 18.8. The van der Waals surface area contributed by atoms with Crippen LogP contribution in [0.3, 0.4) is 0 Å². The summed E-state index contributed by atoms with van der Waals surface area (Å²) in [5.41, 5.74) is 4.31. The van der Waals surface area contributed by atoms with Crippen LogP contribution in [0.25, 0.3) is 32.2 Å². The van der Waals surface area contributed by atoms with Crippen molar-refractivity contribution in [1.82, 2.24) is 20.2 Å². The molecule has 3 aromatic heterocycles. The summed E-state index contributed by atoms with van der Waals surface area (Å²) in [7, 11) is 0. The van der Waals surface area contributed by atoms with Crippen LogP contribution in [-0.2, 0) is 0 Å². The summed E-state index contributed by atoms with van der Waals surface area (Å²) in [5.74, 6) is 1.61. The van der Waals surface area contributed by atoms with E-state index in [9.17, 15) is 5.11 Å². The van der Waals surface area contributed by atoms with Crippen LogP contribution in [0.5, 0.6) is 0 Å². The van der Waals surface area contributed by atoms with E-state index in [-0.39, 0.29) is 6.10 Å². The van der Waals surface area contributed by atoms with Crippen molar-refractivity contribution in [1.29, 1.82) is 0 Å². The van der Waals surface area contributed by atoms with Crippen molar-refractivity contribution in [2.24, 2.45) is 0 Å². The summed E-state index contributed by atoms with van der Waals surface area (Å²) >= 11 is 1.62. The van der Waals surface area contributed by atoms with Gasteiger partial charge in [-0.1, -0.05) is 29.5 Å². The first kappa shape index (κ1) is 20.1. The van der Waals surface area contributed by atoms with Gasteiger partial charge < -0.3 is 15.7 Å². The Hall–Kier alpha value is -3.49. The first-order chi connectivity index (χ1) is 16.2. The second-order valence-corrected chi connectivity index (χ2v) is 9.59. The number of aromatic nitrogens is 4. The number of H-pyrrole nitrogens is 1. The van der Waals surface area contributed by atoms with Crippen molar-refractivity contribution in [2.45, 2.75) is 37.8 Å². The van der Waals surface area contributed by atoms with Gasteiger partial charge in [0, 0.05) is 11.4 Å². The van der Waals surface area contributed by atoms with E-state index in [1.807, 2.05) is 24.4 Å². The number of nitrogens with one attached hydrogen (secondary N) is 3. The fourth-order valence-corrected chi connectivity index (χ4v) is 5.32. The molecule has 33 heavy (non-hydrogen) atoms. The minimum atomic E-state index is -0.155. The van der Waals surface area contributed by atoms with Crippen LogP contribution in [0, 0.1) is 0 Å². The number of thiazole rings is 1. The highest BCUT2D eigenvalue weighted by molar-refractivity contribution is 7.22. The normalized spacial score (nSPS) is 18.6. The summed E-state index contributed by atoms with van der Waals surface area (Å²) in [6.07, 6.45) is 5.32. The first-order valence-corrected chi connectivity index (χ1v) is 12.0. The summed E-state index contributed by atoms with van der Waals surface area (Å²) in [5, 5.41) is 25.6. The third kappa shape index (κ3) is 4.27. The highest BCUT2D eigenvalue weighted by Crippen LogP contribution is 2.33. The van der Waals surface area contributed by atoms with Crippen molar-refractivity contribution >= 4 is 49.2 Å². The van der Waals surface area contributed by atoms with E-state index in [2.05, 4.69) is 57.2 Å². The Kier molecular flexibility index (Phi) is 5.16. The molecule has 0 unspecified atom stereocenters. The Morgan fingerprint density at radius 1 is 0.909 bits per heavy atom. The van der Waals surface area contributed by atoms with Gasteiger partial charge in [0.15, 0.2) is 5.13 Å². The molecule has 6 rings (SSSR count). The van der Waals surface area contributed by atoms with Crippen molar-refractivity contribution in [3.05, 3.63) is 60.8 Å². The number of anilines is 3. The second kappa shape index (κ2) is 8.46. The summed E-state index contributed by atoms with van der Waals surface area (Å²) in [6.45, 7) is 0. The average Bonchev–Trinajstić information content (AvgIpc) is 3.46. The maximum Gasteiger partial charge on any atom is 0.189 e. The first-order valence-electron chi connectivity index (χ1n) is 11.2. The quantitative estimate of drug-likeness (QED) is 0.271. The lowest BCUT2D eigenvalue weighted by Gasteiger charge is -2.26. The van der Waals surface area contributed by atoms with Crippen LogP contribution in [0.15, 0.2) is 60.8 Å². The largest absolute Gasteiger partial charge is 0.393 e. The molecule has 1 saturated carbocycles. The summed E-state index contributed by atoms with van der Waals surface area (Å²) in [6, 6.07) is 19.0. The van der Waals surface area contributed by atoms with Crippen LogP contribution in [-0.4, -0.2) is 37.4 Å². The van der Waals surface area contributed by atoms with Gasteiger partial charge in [-0.15, -0.1) is 0 Å². The van der Waals surface area contributed by atoms with Gasteiger partial charge in [-0.2, -0.15) is 5.10 Å². The molecule has 0 atom stereocenters. The van der Waals surface area contributed by atoms with E-state index in [1.54, 1.807) is 11.3 Å². The molecule has 0 radical (unpaired) electrons. The molecule has 1 aliphatic carbocycles. The Morgan fingerprint density at radius 2 is 1.73 bits per heavy atom. The molecule has 1 fully saturated rings. The van der Waals surface area contributed by atoms with E-state index in [4.69, 9.17) is 9.97 Å². The molecule has 3 heterocycles. The topological polar surface area (TPSA) is 98.8 Å². The predicted molar refractivity (Wildman–Crippen MR) is 134 cm³/mol. The van der Waals surface area contributed by atoms with Gasteiger partial charge in [-0.3, -0.25) is 5.10 Å². The highest BCUT2D eigenvalue weighted by Gasteiger charge is 2.19. The minimum Gasteiger partial charge on any atom is -0.393 e. The Labute approximate surface area is 194 Å². The monoisotopic (exact) mass is 456 g/mol. The van der Waals surface area contributed by atoms with Crippen molar-refractivity contribution in [3.63, 3.8) is 0 Å². The number of aromatic amines is 1. The lowest BCUT2D eigenvalue weighted by molar-refractivity contribution is 0.126. The summed E-state index contributed by atoms with van der Waals surface area (Å²) in [4.78, 5) is 9.46. The van der Waals surface area contributed by atoms with Gasteiger partial charge in [0.1, 0.15) is 11.6 Å². The molecule has 166 valence electrons. The van der Waals surface area contributed by atoms with E-state index in [1.165, 1.54) is 0 Å². The molecule has 1 aliphatic rings. The van der Waals surface area contributed by atoms with Crippen LogP contribution in [0.1, 0.15) is 25.7 Å². The number of fused-ring (bicyclic) bond motifs is 2. The number of pyridine rings is 1. The maximum atomic E-state index is 9.71. The molecule has 4 N–H and O–H groups in total. The molecular formula is C25H24N6OS. The van der Waals surface area contributed by atoms with Gasteiger partial charge in [0.05, 0.1) is 28.0 Å². The Bertz CT molecular complexity index is 1420. The average molecular weight is 457 g/mol. The van der Waals surface area contributed by atoms with Crippen molar-refractivity contribution in [3.8, 4) is 11.1 Å². The Morgan fingerprint density at radius 3 is 2.64 bits per heavy atom. The van der Waals surface area contributed by atoms with E-state index in [0.29, 0.717) is 6.04 Å². The minimum absolute atomic E-state index is 0.155. The number of rotatable bonds is 5. The van der Waals surface area contributed by atoms with Crippen LogP contribution in [0.2, 0.25) is 0 Å². The van der Waals surface area contributed by atoms with Crippen LogP contribution < -0.4 is 10.6 Å². The third-order valence-electron chi connectivity index (χ3n) is 6.19. The number of aliphatic hydroxyl groups is 1. The highest BCUT2D eigenvalue weighted by atomic mass is 32.1. The predicted octanol–water partition coefficient (Wildman–Crippen LogP) is 5.69. The number of benzene rings is 2. The summed E-state index contributed by atoms with van der Waals surface area (Å²) < 4.78 is 1.12. The molecular weight excluding hydrogens is 432 g/mol. The van der Waals surface area contributed by atoms with Crippen LogP contribution >= 0.6 is 11.3 Å². The van der Waals surface area contributed by atoms with Crippen LogP contribution in [0.4, 0.5) is 16.8 Å². The van der Waals surface area contributed by atoms with E-state index in [0.717, 1.165) is 74.7 Å². The molecule has 8 heteroatoms. The molecule has 2 aromatic carbocycles. The van der Waals surface area contributed by atoms with E-state index < -0.39 is 0 Å². The SMILES string of the molecule is OC1CCC(Nc2cccc(Nc3nc4ccc(-c5ccc6[nH]ncc6c5)cc4s3)n2)CC1. The Balaban J connectivity index is 1.20. The van der Waals surface area contributed by atoms with Gasteiger partial charge >= 0.3 is 0 Å². The molecule has 5 aromatic rings. The lowest BCUT2D eigenvalue weighted by atomic mass is 9.93. The molecule has 7 nitrogen and oxygen atoms in total. The number of aliphatic hydroxyl groups excluding tert-OH is 1. The molecule has 0 bridgehead atoms. The molecule has 0 amide bonds. The molecule has 0 saturated heterocycles. The number of hydrogen-bond acceptors (Lipinski definition) is 7. The third-order valence-corrected chi connectivity index (χ3v) is 7.13. The zero-order chi connectivity index (χ0) is 22.2. The molecule has 0 spiro atoms. The smallest absolute Gasteiger partial charge is 0.189 e.